The zero-order chi connectivity index (χ0) is 19.0. The Hall–Kier alpha value is -2.00. The number of anilines is 1. The van der Waals surface area contributed by atoms with Gasteiger partial charge in [0.05, 0.1) is 0 Å². The average Bonchev–Trinajstić information content (AvgIpc) is 3.25. The van der Waals surface area contributed by atoms with Gasteiger partial charge >= 0.3 is 0 Å². The molecule has 1 aliphatic rings. The lowest BCUT2D eigenvalue weighted by molar-refractivity contribution is -0.0361. The van der Waals surface area contributed by atoms with Crippen LogP contribution in [0.5, 0.6) is 0 Å². The topological polar surface area (TPSA) is 63.6 Å². The van der Waals surface area contributed by atoms with Crippen molar-refractivity contribution in [2.75, 3.05) is 5.32 Å². The molecule has 1 aliphatic carbocycles. The Morgan fingerprint density at radius 2 is 1.44 bits per heavy atom. The summed E-state index contributed by atoms with van der Waals surface area (Å²) in [7, 11) is 0. The van der Waals surface area contributed by atoms with Gasteiger partial charge < -0.3 is 5.32 Å². The average molecular weight is 408 g/mol. The highest BCUT2D eigenvalue weighted by atomic mass is 32.1. The van der Waals surface area contributed by atoms with Gasteiger partial charge in [0.2, 0.25) is 11.9 Å². The van der Waals surface area contributed by atoms with Crippen molar-refractivity contribution in [1.29, 1.82) is 0 Å². The van der Waals surface area contributed by atoms with Crippen molar-refractivity contribution in [3.05, 3.63) is 28.2 Å². The van der Waals surface area contributed by atoms with Crippen molar-refractivity contribution in [1.82, 2.24) is 19.9 Å². The third kappa shape index (κ3) is 4.30. The van der Waals surface area contributed by atoms with Crippen LogP contribution in [0.4, 0.5) is 14.7 Å². The molecule has 1 saturated carbocycles. The van der Waals surface area contributed by atoms with E-state index in [1.807, 2.05) is 30.7 Å². The third-order valence-electron chi connectivity index (χ3n) is 4.45. The maximum absolute atomic E-state index is 13.4. The second kappa shape index (κ2) is 7.20. The van der Waals surface area contributed by atoms with Crippen LogP contribution in [-0.2, 0) is 0 Å². The molecule has 0 spiro atoms. The molecule has 3 aromatic heterocycles. The first-order valence-electron chi connectivity index (χ1n) is 8.76. The van der Waals surface area contributed by atoms with Crippen LogP contribution in [0.1, 0.15) is 37.1 Å². The predicted octanol–water partition coefficient (Wildman–Crippen LogP) is 5.33. The lowest BCUT2D eigenvalue weighted by Crippen LogP contribution is -2.32. The van der Waals surface area contributed by atoms with Crippen LogP contribution in [0, 0.1) is 13.8 Å². The fraction of sp³-hybridized carbons (Fsp3) is 0.444. The first kappa shape index (κ1) is 18.4. The quantitative estimate of drug-likeness (QED) is 0.633. The lowest BCUT2D eigenvalue weighted by atomic mass is 9.92. The second-order valence-corrected chi connectivity index (χ2v) is 8.54. The van der Waals surface area contributed by atoms with Gasteiger partial charge in [0.15, 0.2) is 0 Å². The molecule has 0 unspecified atom stereocenters. The molecule has 0 bridgehead atoms. The highest BCUT2D eigenvalue weighted by Crippen LogP contribution is 2.35. The van der Waals surface area contributed by atoms with Crippen molar-refractivity contribution in [2.45, 2.75) is 51.5 Å². The van der Waals surface area contributed by atoms with Gasteiger partial charge in [-0.2, -0.15) is 0 Å². The number of thiazole rings is 2. The molecule has 0 saturated heterocycles. The summed E-state index contributed by atoms with van der Waals surface area (Å²) in [5, 5.41) is 8.81. The number of hydrogen-bond acceptors (Lipinski definition) is 7. The van der Waals surface area contributed by atoms with E-state index in [0.29, 0.717) is 18.8 Å². The minimum absolute atomic E-state index is 0.0520. The number of aryl methyl sites for hydroxylation is 2. The van der Waals surface area contributed by atoms with Crippen molar-refractivity contribution < 1.29 is 8.78 Å². The Balaban J connectivity index is 1.66. The number of hydrogen-bond donors (Lipinski definition) is 1. The van der Waals surface area contributed by atoms with Gasteiger partial charge in [0, 0.05) is 41.0 Å². The first-order chi connectivity index (χ1) is 12.9. The van der Waals surface area contributed by atoms with Gasteiger partial charge in [-0.3, -0.25) is 0 Å². The Morgan fingerprint density at radius 3 is 1.89 bits per heavy atom. The highest BCUT2D eigenvalue weighted by Gasteiger charge is 2.35. The molecule has 4 rings (SSSR count). The lowest BCUT2D eigenvalue weighted by Gasteiger charge is -2.28. The number of aromatic nitrogens is 4. The molecule has 27 heavy (non-hydrogen) atoms. The Labute approximate surface area is 163 Å². The molecule has 3 heterocycles. The maximum atomic E-state index is 13.4. The van der Waals surface area contributed by atoms with Gasteiger partial charge in [0.1, 0.15) is 21.4 Å². The molecule has 1 fully saturated rings. The van der Waals surface area contributed by atoms with Gasteiger partial charge in [-0.05, 0) is 32.8 Å². The Bertz CT molecular complexity index is 884. The minimum atomic E-state index is -2.55. The van der Waals surface area contributed by atoms with E-state index < -0.39 is 5.92 Å². The van der Waals surface area contributed by atoms with Gasteiger partial charge in [-0.1, -0.05) is 0 Å². The highest BCUT2D eigenvalue weighted by molar-refractivity contribution is 7.13. The van der Waals surface area contributed by atoms with Crippen LogP contribution < -0.4 is 5.32 Å². The normalized spacial score (nSPS) is 17.2. The second-order valence-electron chi connectivity index (χ2n) is 6.82. The Morgan fingerprint density at radius 1 is 0.926 bits per heavy atom. The van der Waals surface area contributed by atoms with E-state index in [2.05, 4.69) is 25.3 Å². The molecule has 0 amide bonds. The van der Waals surface area contributed by atoms with Crippen molar-refractivity contribution in [3.63, 3.8) is 0 Å². The van der Waals surface area contributed by atoms with Crippen LogP contribution >= 0.6 is 22.7 Å². The monoisotopic (exact) mass is 407 g/mol. The maximum Gasteiger partial charge on any atom is 0.248 e. The van der Waals surface area contributed by atoms with Gasteiger partial charge in [-0.15, -0.1) is 22.7 Å². The summed E-state index contributed by atoms with van der Waals surface area (Å²) in [6.45, 7) is 3.88. The number of halogens is 2. The summed E-state index contributed by atoms with van der Waals surface area (Å²) >= 11 is 3.04. The van der Waals surface area contributed by atoms with Crippen LogP contribution in [0.25, 0.3) is 21.4 Å². The molecule has 0 atom stereocenters. The van der Waals surface area contributed by atoms with Crippen molar-refractivity contribution in [2.24, 2.45) is 0 Å². The van der Waals surface area contributed by atoms with Crippen LogP contribution in [0.15, 0.2) is 16.8 Å². The third-order valence-corrected chi connectivity index (χ3v) is 6.42. The number of nitrogens with one attached hydrogen (secondary N) is 1. The summed E-state index contributed by atoms with van der Waals surface area (Å²) in [6, 6.07) is 1.83. The Kier molecular flexibility index (Phi) is 4.90. The largest absolute Gasteiger partial charge is 0.351 e. The number of alkyl halides is 2. The fourth-order valence-electron chi connectivity index (χ4n) is 3.04. The van der Waals surface area contributed by atoms with E-state index in [1.165, 1.54) is 22.7 Å². The van der Waals surface area contributed by atoms with E-state index >= 15 is 0 Å². The zero-order valence-corrected chi connectivity index (χ0v) is 16.6. The zero-order valence-electron chi connectivity index (χ0n) is 15.0. The van der Waals surface area contributed by atoms with E-state index in [4.69, 9.17) is 0 Å². The van der Waals surface area contributed by atoms with Crippen LogP contribution in [0.2, 0.25) is 0 Å². The summed E-state index contributed by atoms with van der Waals surface area (Å²) in [6.07, 6.45) is 0.606. The SMILES string of the molecule is Cc1csc(-c2cc(-c3nc(C)cs3)nc(NC3CCC(F)(F)CC3)n2)n1. The molecule has 9 heteroatoms. The van der Waals surface area contributed by atoms with Gasteiger partial charge in [-0.25, -0.2) is 28.7 Å². The van der Waals surface area contributed by atoms with E-state index in [9.17, 15) is 8.78 Å². The number of nitrogens with zero attached hydrogens (tertiary/aromatic N) is 4. The molecule has 5 nitrogen and oxygen atoms in total. The minimum Gasteiger partial charge on any atom is -0.351 e. The van der Waals surface area contributed by atoms with Crippen LogP contribution in [-0.4, -0.2) is 31.9 Å². The molecule has 0 aliphatic heterocycles. The molecule has 142 valence electrons. The summed E-state index contributed by atoms with van der Waals surface area (Å²) < 4.78 is 26.8. The molecular formula is C18H19F2N5S2. The summed E-state index contributed by atoms with van der Waals surface area (Å²) in [4.78, 5) is 18.2. The smallest absolute Gasteiger partial charge is 0.248 e. The molecule has 3 aromatic rings. The fourth-order valence-corrected chi connectivity index (χ4v) is 4.55. The van der Waals surface area contributed by atoms with Gasteiger partial charge in [0.25, 0.3) is 0 Å². The summed E-state index contributed by atoms with van der Waals surface area (Å²) in [5.74, 6) is -2.11. The van der Waals surface area contributed by atoms with E-state index in [1.54, 1.807) is 0 Å². The standard InChI is InChI=1S/C18H19F2N5S2/c1-10-8-26-15(21-10)13-7-14(16-22-11(2)9-27-16)25-17(24-13)23-12-3-5-18(19,20)6-4-12/h7-9,12H,3-6H2,1-2H3,(H,23,24,25). The molecular weight excluding hydrogens is 388 g/mol. The molecule has 0 radical (unpaired) electrons. The van der Waals surface area contributed by atoms with Crippen LogP contribution in [0.3, 0.4) is 0 Å². The predicted molar refractivity (Wildman–Crippen MR) is 105 cm³/mol. The molecule has 1 N–H and O–H groups in total. The first-order valence-corrected chi connectivity index (χ1v) is 10.5. The van der Waals surface area contributed by atoms with Crippen molar-refractivity contribution >= 4 is 28.6 Å². The van der Waals surface area contributed by atoms with Crippen molar-refractivity contribution in [3.8, 4) is 21.4 Å². The summed E-state index contributed by atoms with van der Waals surface area (Å²) in [5.41, 5.74) is 3.30. The molecule has 0 aromatic carbocycles. The number of rotatable bonds is 4. The van der Waals surface area contributed by atoms with E-state index in [-0.39, 0.29) is 18.9 Å². The van der Waals surface area contributed by atoms with E-state index in [0.717, 1.165) is 32.8 Å².